The van der Waals surface area contributed by atoms with Gasteiger partial charge in [-0.1, -0.05) is 67.0 Å². The van der Waals surface area contributed by atoms with Crippen LogP contribution in [0.5, 0.6) is 0 Å². The molecular weight excluding hydrogens is 490 g/mol. The first kappa shape index (κ1) is 31.3. The quantitative estimate of drug-likeness (QED) is 0.229. The molecule has 2 N–H and O–H groups in total. The minimum absolute atomic E-state index is 0.0235. The first-order chi connectivity index (χ1) is 17.8. The normalized spacial score (nSPS) is 37.6. The summed E-state index contributed by atoms with van der Waals surface area (Å²) in [7, 11) is 1.49. The molecule has 3 aliphatic rings. The molecule has 2 fully saturated rings. The molecule has 3 rings (SSSR count). The van der Waals surface area contributed by atoms with Crippen molar-refractivity contribution in [2.75, 3.05) is 7.11 Å². The Morgan fingerprint density at radius 3 is 2.23 bits per heavy atom. The molecule has 0 aromatic carbocycles. The number of ketones is 2. The Bertz CT molecular complexity index is 1110. The van der Waals surface area contributed by atoms with Gasteiger partial charge in [0.05, 0.1) is 18.1 Å². The third-order valence-corrected chi connectivity index (χ3v) is 11.6. The Kier molecular flexibility index (Phi) is 8.27. The summed E-state index contributed by atoms with van der Waals surface area (Å²) in [6, 6.07) is 0. The Hall–Kier alpha value is -2.24. The van der Waals surface area contributed by atoms with Gasteiger partial charge in [0.1, 0.15) is 0 Å². The van der Waals surface area contributed by atoms with E-state index in [1.54, 1.807) is 19.1 Å². The highest BCUT2D eigenvalue weighted by Gasteiger charge is 2.59. The van der Waals surface area contributed by atoms with Crippen LogP contribution in [-0.2, 0) is 23.9 Å². The number of primary amides is 1. The summed E-state index contributed by atoms with van der Waals surface area (Å²) >= 11 is 0. The fraction of sp³-hybridized carbons (Fsp3) is 0.758. The lowest BCUT2D eigenvalue weighted by Crippen LogP contribution is -2.54. The minimum Gasteiger partial charge on any atom is -0.469 e. The zero-order valence-electron chi connectivity index (χ0n) is 26.0. The zero-order valence-corrected chi connectivity index (χ0v) is 26.0. The first-order valence-electron chi connectivity index (χ1n) is 14.7. The van der Waals surface area contributed by atoms with Gasteiger partial charge < -0.3 is 10.5 Å². The largest absolute Gasteiger partial charge is 0.469 e. The number of rotatable bonds is 7. The number of methoxy groups -OCH3 is 1. The molecule has 0 heterocycles. The summed E-state index contributed by atoms with van der Waals surface area (Å²) in [4.78, 5) is 51.3. The molecule has 3 aliphatic carbocycles. The number of nitrogens with two attached hydrogens (primary N) is 1. The van der Waals surface area contributed by atoms with Crippen molar-refractivity contribution in [2.24, 2.45) is 50.6 Å². The highest BCUT2D eigenvalue weighted by molar-refractivity contribution is 6.20. The smallest absolute Gasteiger partial charge is 0.312 e. The van der Waals surface area contributed by atoms with Gasteiger partial charge in [-0.3, -0.25) is 19.2 Å². The molecule has 6 heteroatoms. The Balaban J connectivity index is 2.07. The van der Waals surface area contributed by atoms with Crippen molar-refractivity contribution in [1.29, 1.82) is 0 Å². The van der Waals surface area contributed by atoms with Crippen LogP contribution in [0.25, 0.3) is 0 Å². The average molecular weight is 542 g/mol. The molecule has 0 spiro atoms. The molecule has 0 aromatic heterocycles. The van der Waals surface area contributed by atoms with Crippen molar-refractivity contribution in [2.45, 2.75) is 107 Å². The first-order valence-corrected chi connectivity index (χ1v) is 14.7. The number of allylic oxidation sites excluding steroid dienone is 3. The lowest BCUT2D eigenvalue weighted by atomic mass is 9.44. The second-order valence-corrected chi connectivity index (χ2v) is 14.8. The van der Waals surface area contributed by atoms with Crippen molar-refractivity contribution >= 4 is 23.4 Å². The molecular formula is C33H51NO5. The topological polar surface area (TPSA) is 104 Å². The maximum Gasteiger partial charge on any atom is 0.312 e. The van der Waals surface area contributed by atoms with E-state index in [-0.39, 0.29) is 51.7 Å². The highest BCUT2D eigenvalue weighted by Crippen LogP contribution is 2.65. The summed E-state index contributed by atoms with van der Waals surface area (Å²) < 4.78 is 5.41. The zero-order chi connectivity index (χ0) is 29.8. The van der Waals surface area contributed by atoms with Crippen molar-refractivity contribution in [3.63, 3.8) is 0 Å². The highest BCUT2D eigenvalue weighted by atomic mass is 16.5. The molecule has 0 aliphatic heterocycles. The van der Waals surface area contributed by atoms with Gasteiger partial charge in [0, 0.05) is 11.3 Å². The number of hydrogen-bond acceptors (Lipinski definition) is 5. The lowest BCUT2D eigenvalue weighted by Gasteiger charge is -2.59. The Morgan fingerprint density at radius 2 is 1.72 bits per heavy atom. The monoisotopic (exact) mass is 541 g/mol. The van der Waals surface area contributed by atoms with E-state index in [4.69, 9.17) is 10.5 Å². The van der Waals surface area contributed by atoms with Gasteiger partial charge in [-0.25, -0.2) is 0 Å². The second kappa shape index (κ2) is 10.3. The maximum absolute atomic E-state index is 13.3. The van der Waals surface area contributed by atoms with Crippen LogP contribution < -0.4 is 5.73 Å². The molecule has 1 amide bonds. The van der Waals surface area contributed by atoms with Gasteiger partial charge in [0.25, 0.3) is 5.91 Å². The van der Waals surface area contributed by atoms with Crippen LogP contribution in [0.15, 0.2) is 23.3 Å². The summed E-state index contributed by atoms with van der Waals surface area (Å²) in [6.07, 6.45) is 9.36. The summed E-state index contributed by atoms with van der Waals surface area (Å²) in [5.41, 5.74) is 4.98. The molecule has 0 bridgehead atoms. The van der Waals surface area contributed by atoms with Crippen molar-refractivity contribution < 1.29 is 23.9 Å². The van der Waals surface area contributed by atoms with E-state index in [1.807, 2.05) is 6.92 Å². The third kappa shape index (κ3) is 5.17. The van der Waals surface area contributed by atoms with Crippen LogP contribution in [0.3, 0.4) is 0 Å². The fourth-order valence-corrected chi connectivity index (χ4v) is 8.57. The average Bonchev–Trinajstić information content (AvgIpc) is 2.82. The number of esters is 1. The molecule has 6 nitrogen and oxygen atoms in total. The van der Waals surface area contributed by atoms with E-state index in [2.05, 4.69) is 48.5 Å². The molecule has 218 valence electrons. The number of carbonyl (C=O) groups is 4. The van der Waals surface area contributed by atoms with E-state index in [9.17, 15) is 19.2 Å². The Labute approximate surface area is 235 Å². The molecule has 0 saturated heterocycles. The number of ether oxygens (including phenoxy) is 1. The van der Waals surface area contributed by atoms with Crippen molar-refractivity contribution in [3.8, 4) is 0 Å². The predicted octanol–water partition coefficient (Wildman–Crippen LogP) is 6.37. The van der Waals surface area contributed by atoms with E-state index < -0.39 is 22.2 Å². The molecule has 2 saturated carbocycles. The maximum atomic E-state index is 13.3. The van der Waals surface area contributed by atoms with E-state index in [1.165, 1.54) is 7.11 Å². The van der Waals surface area contributed by atoms with E-state index in [0.29, 0.717) is 6.42 Å². The van der Waals surface area contributed by atoms with Gasteiger partial charge >= 0.3 is 5.97 Å². The summed E-state index contributed by atoms with van der Waals surface area (Å²) in [5.74, 6) is -1.27. The number of hydrogen-bond donors (Lipinski definition) is 1. The van der Waals surface area contributed by atoms with Gasteiger partial charge in [-0.15, -0.1) is 0 Å². The second-order valence-electron chi connectivity index (χ2n) is 14.8. The number of fused-ring (bicyclic) bond motifs is 1. The van der Waals surface area contributed by atoms with Crippen LogP contribution in [0.4, 0.5) is 0 Å². The molecule has 0 aromatic rings. The number of amides is 1. The molecule has 1 unspecified atom stereocenters. The van der Waals surface area contributed by atoms with Gasteiger partial charge in [-0.05, 0) is 86.0 Å². The van der Waals surface area contributed by atoms with Crippen molar-refractivity contribution in [3.05, 3.63) is 23.3 Å². The number of carbonyl (C=O) groups excluding carboxylic acids is 4. The van der Waals surface area contributed by atoms with Gasteiger partial charge in [-0.2, -0.15) is 0 Å². The van der Waals surface area contributed by atoms with E-state index >= 15 is 0 Å². The molecule has 39 heavy (non-hydrogen) atoms. The van der Waals surface area contributed by atoms with Crippen LogP contribution in [0.1, 0.15) is 107 Å². The molecule has 6 atom stereocenters. The predicted molar refractivity (Wildman–Crippen MR) is 153 cm³/mol. The fourth-order valence-electron chi connectivity index (χ4n) is 8.57. The van der Waals surface area contributed by atoms with Crippen LogP contribution >= 0.6 is 0 Å². The van der Waals surface area contributed by atoms with Crippen molar-refractivity contribution in [1.82, 2.24) is 0 Å². The van der Waals surface area contributed by atoms with Crippen LogP contribution in [0, 0.1) is 44.8 Å². The lowest BCUT2D eigenvalue weighted by molar-refractivity contribution is -0.162. The van der Waals surface area contributed by atoms with E-state index in [0.717, 1.165) is 44.1 Å². The SMILES string of the molecule is COC(=O)[C@]1(CCC(C)(C)[C@]2(C)CC[C@H]3[C@H](C)C(=O)C(C(N)=O)=C[C@]3(C)/C2=C/C(C)=O)CCC(C)(C)CC1C. The summed E-state index contributed by atoms with van der Waals surface area (Å²) in [6.45, 7) is 18.9. The minimum atomic E-state index is -0.713. The standard InChI is InChI=1S/C33H51NO5/c1-20-18-29(4,5)13-15-33(20,28(38)39-10)16-14-30(6,7)32(9)12-11-24-22(3)26(36)23(27(34)37)19-31(24,8)25(32)17-21(2)35/h17,19-20,22,24H,11-16,18H2,1-10H3,(H2,34,37)/b25-17-/t20?,22-,24-,31-,32+,33-/m0/s1. The van der Waals surface area contributed by atoms with Gasteiger partial charge in [0.15, 0.2) is 11.6 Å². The van der Waals surface area contributed by atoms with Gasteiger partial charge in [0.2, 0.25) is 0 Å². The van der Waals surface area contributed by atoms with Crippen LogP contribution in [0.2, 0.25) is 0 Å². The Morgan fingerprint density at radius 1 is 1.10 bits per heavy atom. The third-order valence-electron chi connectivity index (χ3n) is 11.6. The number of Topliss-reactive ketones (excluding diaryl/α,β-unsaturated/α-hetero) is 1. The van der Waals surface area contributed by atoms with Crippen LogP contribution in [-0.4, -0.2) is 30.6 Å². The summed E-state index contributed by atoms with van der Waals surface area (Å²) in [5, 5.41) is 0. The molecule has 0 radical (unpaired) electrons.